The first kappa shape index (κ1) is 11.9. The quantitative estimate of drug-likeness (QED) is 0.847. The minimum absolute atomic E-state index is 0.0973. The number of carbonyl (C=O) groups is 1. The summed E-state index contributed by atoms with van der Waals surface area (Å²) in [7, 11) is 1.75. The number of nitrogens with zero attached hydrogens (tertiary/aromatic N) is 1. The van der Waals surface area contributed by atoms with Gasteiger partial charge in [0.05, 0.1) is 11.8 Å². The highest BCUT2D eigenvalue weighted by Gasteiger charge is 2.19. The van der Waals surface area contributed by atoms with E-state index in [0.717, 1.165) is 11.3 Å². The molecule has 0 saturated carbocycles. The number of hydrogen-bond acceptors (Lipinski definition) is 2. The Morgan fingerprint density at radius 2 is 2.00 bits per heavy atom. The van der Waals surface area contributed by atoms with Crippen molar-refractivity contribution < 1.29 is 9.21 Å². The zero-order valence-electron chi connectivity index (χ0n) is 9.61. The highest BCUT2D eigenvalue weighted by atomic mass is 79.9. The van der Waals surface area contributed by atoms with E-state index in [0.29, 0.717) is 10.2 Å². The lowest BCUT2D eigenvalue weighted by Gasteiger charge is -2.18. The van der Waals surface area contributed by atoms with Crippen molar-refractivity contribution in [1.29, 1.82) is 0 Å². The molecule has 2 rings (SSSR count). The van der Waals surface area contributed by atoms with Gasteiger partial charge >= 0.3 is 0 Å². The van der Waals surface area contributed by atoms with E-state index in [2.05, 4.69) is 15.9 Å². The highest BCUT2D eigenvalue weighted by molar-refractivity contribution is 9.10. The van der Waals surface area contributed by atoms with Gasteiger partial charge in [0, 0.05) is 12.7 Å². The van der Waals surface area contributed by atoms with Crippen LogP contribution in [0.1, 0.15) is 15.9 Å². The lowest BCUT2D eigenvalue weighted by atomic mass is 10.1. The molecule has 0 aliphatic heterocycles. The van der Waals surface area contributed by atoms with Gasteiger partial charge in [0.25, 0.3) is 5.91 Å². The molecule has 17 heavy (non-hydrogen) atoms. The zero-order chi connectivity index (χ0) is 12.4. The first-order valence-electron chi connectivity index (χ1n) is 5.18. The topological polar surface area (TPSA) is 33.5 Å². The van der Waals surface area contributed by atoms with Crippen LogP contribution >= 0.6 is 15.9 Å². The van der Waals surface area contributed by atoms with Crippen molar-refractivity contribution in [3.05, 3.63) is 52.4 Å². The van der Waals surface area contributed by atoms with Gasteiger partial charge in [0.15, 0.2) is 4.67 Å². The van der Waals surface area contributed by atoms with Gasteiger partial charge in [-0.3, -0.25) is 4.79 Å². The van der Waals surface area contributed by atoms with E-state index in [4.69, 9.17) is 4.42 Å². The van der Waals surface area contributed by atoms with Crippen molar-refractivity contribution in [3.8, 4) is 0 Å². The summed E-state index contributed by atoms with van der Waals surface area (Å²) in [6.07, 6.45) is 1.49. The Labute approximate surface area is 108 Å². The molecule has 0 radical (unpaired) electrons. The van der Waals surface area contributed by atoms with Crippen LogP contribution in [-0.4, -0.2) is 13.0 Å². The second kappa shape index (κ2) is 4.75. The molecular weight excluding hydrogens is 282 g/mol. The molecule has 4 heteroatoms. The van der Waals surface area contributed by atoms with E-state index < -0.39 is 0 Å². The third-order valence-electron chi connectivity index (χ3n) is 2.63. The largest absolute Gasteiger partial charge is 0.457 e. The van der Waals surface area contributed by atoms with E-state index in [1.54, 1.807) is 18.0 Å². The normalized spacial score (nSPS) is 10.3. The fourth-order valence-corrected chi connectivity index (χ4v) is 2.09. The average Bonchev–Trinajstić information content (AvgIpc) is 2.74. The van der Waals surface area contributed by atoms with Crippen LogP contribution in [0.25, 0.3) is 0 Å². The van der Waals surface area contributed by atoms with Gasteiger partial charge in [-0.05, 0) is 40.5 Å². The number of para-hydroxylation sites is 1. The molecule has 1 heterocycles. The Bertz CT molecular complexity index is 548. The molecule has 0 saturated heterocycles. The Hall–Kier alpha value is -1.55. The fraction of sp³-hybridized carbons (Fsp3) is 0.154. The standard InChI is InChI=1S/C13H12BrNO2/c1-9-5-3-4-6-11(9)15(2)13(16)10-7-8-17-12(10)14/h3-8H,1-2H3. The molecule has 0 bridgehead atoms. The summed E-state index contributed by atoms with van der Waals surface area (Å²) >= 11 is 3.21. The number of halogens is 1. The summed E-state index contributed by atoms with van der Waals surface area (Å²) < 4.78 is 5.53. The van der Waals surface area contributed by atoms with Gasteiger partial charge in [0.2, 0.25) is 0 Å². The molecule has 0 unspecified atom stereocenters. The molecule has 0 spiro atoms. The summed E-state index contributed by atoms with van der Waals surface area (Å²) in [6.45, 7) is 1.98. The van der Waals surface area contributed by atoms with E-state index in [-0.39, 0.29) is 5.91 Å². The fourth-order valence-electron chi connectivity index (χ4n) is 1.68. The van der Waals surface area contributed by atoms with E-state index in [1.807, 2.05) is 31.2 Å². The molecule has 1 amide bonds. The Morgan fingerprint density at radius 3 is 2.59 bits per heavy atom. The number of hydrogen-bond donors (Lipinski definition) is 0. The molecule has 0 aliphatic carbocycles. The van der Waals surface area contributed by atoms with Gasteiger partial charge < -0.3 is 9.32 Å². The van der Waals surface area contributed by atoms with E-state index in [1.165, 1.54) is 6.26 Å². The first-order valence-corrected chi connectivity index (χ1v) is 5.97. The number of carbonyl (C=O) groups excluding carboxylic acids is 1. The molecule has 0 atom stereocenters. The van der Waals surface area contributed by atoms with Gasteiger partial charge in [-0.1, -0.05) is 18.2 Å². The van der Waals surface area contributed by atoms with Crippen LogP contribution in [0.2, 0.25) is 0 Å². The number of amides is 1. The molecule has 1 aromatic heterocycles. The van der Waals surface area contributed by atoms with Gasteiger partial charge in [0.1, 0.15) is 0 Å². The summed E-state index contributed by atoms with van der Waals surface area (Å²) in [5.74, 6) is -0.0973. The van der Waals surface area contributed by atoms with Crippen LogP contribution in [0.3, 0.4) is 0 Å². The number of aryl methyl sites for hydroxylation is 1. The lowest BCUT2D eigenvalue weighted by molar-refractivity contribution is 0.0991. The van der Waals surface area contributed by atoms with Gasteiger partial charge in [-0.25, -0.2) is 0 Å². The summed E-state index contributed by atoms with van der Waals surface area (Å²) in [4.78, 5) is 13.8. The van der Waals surface area contributed by atoms with Crippen molar-refractivity contribution in [2.75, 3.05) is 11.9 Å². The Balaban J connectivity index is 2.33. The first-order chi connectivity index (χ1) is 8.11. The van der Waals surface area contributed by atoms with E-state index in [9.17, 15) is 4.79 Å². The molecule has 0 fully saturated rings. The van der Waals surface area contributed by atoms with Crippen LogP contribution < -0.4 is 4.90 Å². The average molecular weight is 294 g/mol. The number of rotatable bonds is 2. The second-order valence-electron chi connectivity index (χ2n) is 3.76. The Kier molecular flexibility index (Phi) is 3.33. The van der Waals surface area contributed by atoms with Crippen LogP contribution in [0.15, 0.2) is 45.7 Å². The van der Waals surface area contributed by atoms with Crippen molar-refractivity contribution in [2.24, 2.45) is 0 Å². The van der Waals surface area contributed by atoms with Crippen molar-refractivity contribution in [1.82, 2.24) is 0 Å². The van der Waals surface area contributed by atoms with Crippen LogP contribution in [0, 0.1) is 6.92 Å². The maximum Gasteiger partial charge on any atom is 0.262 e. The SMILES string of the molecule is Cc1ccccc1N(C)C(=O)c1ccoc1Br. The minimum Gasteiger partial charge on any atom is -0.457 e. The molecule has 88 valence electrons. The molecule has 3 nitrogen and oxygen atoms in total. The summed E-state index contributed by atoms with van der Waals surface area (Å²) in [5.41, 5.74) is 2.48. The molecular formula is C13H12BrNO2. The maximum atomic E-state index is 12.2. The van der Waals surface area contributed by atoms with E-state index >= 15 is 0 Å². The van der Waals surface area contributed by atoms with Crippen LogP contribution in [0.5, 0.6) is 0 Å². The smallest absolute Gasteiger partial charge is 0.262 e. The lowest BCUT2D eigenvalue weighted by Crippen LogP contribution is -2.26. The van der Waals surface area contributed by atoms with Crippen LogP contribution in [-0.2, 0) is 0 Å². The van der Waals surface area contributed by atoms with Gasteiger partial charge in [-0.2, -0.15) is 0 Å². The van der Waals surface area contributed by atoms with Crippen molar-refractivity contribution in [3.63, 3.8) is 0 Å². The molecule has 2 aromatic rings. The van der Waals surface area contributed by atoms with Crippen molar-refractivity contribution >= 4 is 27.5 Å². The summed E-state index contributed by atoms with van der Waals surface area (Å²) in [6, 6.07) is 9.41. The highest BCUT2D eigenvalue weighted by Crippen LogP contribution is 2.24. The maximum absolute atomic E-state index is 12.2. The Morgan fingerprint density at radius 1 is 1.29 bits per heavy atom. The predicted molar refractivity (Wildman–Crippen MR) is 70.3 cm³/mol. The van der Waals surface area contributed by atoms with Crippen molar-refractivity contribution in [2.45, 2.75) is 6.92 Å². The third-order valence-corrected chi connectivity index (χ3v) is 3.24. The minimum atomic E-state index is -0.0973. The predicted octanol–water partition coefficient (Wildman–Crippen LogP) is 3.63. The third kappa shape index (κ3) is 2.26. The number of furan rings is 1. The monoisotopic (exact) mass is 293 g/mol. The van der Waals surface area contributed by atoms with Crippen LogP contribution in [0.4, 0.5) is 5.69 Å². The molecule has 0 aliphatic rings. The molecule has 0 N–H and O–H groups in total. The zero-order valence-corrected chi connectivity index (χ0v) is 11.2. The second-order valence-corrected chi connectivity index (χ2v) is 4.48. The molecule has 1 aromatic carbocycles. The van der Waals surface area contributed by atoms with Gasteiger partial charge in [-0.15, -0.1) is 0 Å². The number of anilines is 1. The number of benzene rings is 1. The summed E-state index contributed by atoms with van der Waals surface area (Å²) in [5, 5.41) is 0.